The van der Waals surface area contributed by atoms with E-state index < -0.39 is 22.6 Å². The smallest absolute Gasteiger partial charge is 0.332 e. The van der Waals surface area contributed by atoms with Crippen LogP contribution in [0, 0.1) is 5.82 Å². The molecule has 0 bridgehead atoms. The molecular weight excluding hydrogens is 410 g/mol. The molecule has 0 saturated heterocycles. The average molecular weight is 430 g/mol. The Morgan fingerprint density at radius 2 is 1.69 bits per heavy atom. The summed E-state index contributed by atoms with van der Waals surface area (Å²) >= 11 is 0. The lowest BCUT2D eigenvalue weighted by Gasteiger charge is -2.18. The van der Waals surface area contributed by atoms with Crippen LogP contribution in [0.1, 0.15) is 12.5 Å². The second-order valence-corrected chi connectivity index (χ2v) is 7.42. The van der Waals surface area contributed by atoms with E-state index in [4.69, 9.17) is 7.85 Å². The van der Waals surface area contributed by atoms with E-state index in [0.717, 1.165) is 16.2 Å². The van der Waals surface area contributed by atoms with Gasteiger partial charge >= 0.3 is 5.69 Å². The van der Waals surface area contributed by atoms with Gasteiger partial charge in [-0.1, -0.05) is 41.9 Å². The highest BCUT2D eigenvalue weighted by Gasteiger charge is 2.20. The van der Waals surface area contributed by atoms with Gasteiger partial charge in [-0.25, -0.2) is 9.18 Å². The lowest BCUT2D eigenvalue weighted by atomic mass is 9.96. The quantitative estimate of drug-likeness (QED) is 0.488. The minimum Gasteiger partial charge on any atom is -0.352 e. The number of halogens is 1. The summed E-state index contributed by atoms with van der Waals surface area (Å²) in [4.78, 5) is 39.2. The normalized spacial score (nSPS) is 11.1. The van der Waals surface area contributed by atoms with Gasteiger partial charge in [0.1, 0.15) is 24.7 Å². The molecule has 2 aromatic heterocycles. The molecule has 0 amide bonds. The van der Waals surface area contributed by atoms with E-state index in [1.807, 2.05) is 30.3 Å². The van der Waals surface area contributed by atoms with E-state index in [1.54, 1.807) is 6.92 Å². The molecule has 0 unspecified atom stereocenters. The molecule has 2 aromatic carbocycles. The molecule has 0 spiro atoms. The molecule has 4 rings (SSSR count). The fraction of sp³-hybridized carbons (Fsp3) is 0.174. The van der Waals surface area contributed by atoms with Crippen molar-refractivity contribution < 1.29 is 4.39 Å². The first-order chi connectivity index (χ1) is 15.3. The third-order valence-electron chi connectivity index (χ3n) is 5.35. The number of rotatable bonds is 5. The lowest BCUT2D eigenvalue weighted by Crippen LogP contribution is -2.42. The number of hydrogen-bond donors (Lipinski definition) is 1. The minimum atomic E-state index is -0.632. The van der Waals surface area contributed by atoms with Crippen LogP contribution in [0.25, 0.3) is 11.0 Å². The van der Waals surface area contributed by atoms with Crippen molar-refractivity contribution in [3.8, 4) is 0 Å². The number of nitrogens with one attached hydrogen (secondary N) is 1. The number of hydrogen-bond acceptors (Lipinski definition) is 4. The van der Waals surface area contributed by atoms with Gasteiger partial charge < -0.3 is 5.32 Å². The molecular formula is C23H20BFN4O3. The third-order valence-corrected chi connectivity index (χ3v) is 5.35. The zero-order chi connectivity index (χ0) is 23.0. The first kappa shape index (κ1) is 21.4. The fourth-order valence-electron chi connectivity index (χ4n) is 3.73. The maximum Gasteiger partial charge on any atom is 0.332 e. The summed E-state index contributed by atoms with van der Waals surface area (Å²) in [5.41, 5.74) is -0.159. The van der Waals surface area contributed by atoms with Crippen LogP contribution in [-0.2, 0) is 20.1 Å². The standard InChI is InChI=1S/C23H20BFN4O3/c1-3-28-22(31)20-18(26-17-10-9-15(24)11-16(17)25)12-19(30)27(2)21(20)29(23(28)32)13-14-7-5-4-6-8-14/h4-12,26H,3,13H2,1-2H3. The first-order valence-electron chi connectivity index (χ1n) is 10.0. The lowest BCUT2D eigenvalue weighted by molar-refractivity contribution is 0.606. The molecule has 0 aliphatic carbocycles. The average Bonchev–Trinajstić information content (AvgIpc) is 2.76. The Kier molecular flexibility index (Phi) is 5.56. The second kappa shape index (κ2) is 8.34. The molecule has 2 heterocycles. The van der Waals surface area contributed by atoms with Crippen LogP contribution < -0.4 is 27.6 Å². The van der Waals surface area contributed by atoms with Gasteiger partial charge in [-0.2, -0.15) is 0 Å². The van der Waals surface area contributed by atoms with E-state index in [0.29, 0.717) is 0 Å². The van der Waals surface area contributed by atoms with Gasteiger partial charge in [-0.3, -0.25) is 23.3 Å². The highest BCUT2D eigenvalue weighted by atomic mass is 19.1. The molecule has 0 aliphatic heterocycles. The zero-order valence-electron chi connectivity index (χ0n) is 17.6. The van der Waals surface area contributed by atoms with Gasteiger partial charge in [-0.05, 0) is 24.6 Å². The number of aryl methyl sites for hydroxylation is 1. The maximum atomic E-state index is 14.4. The Balaban J connectivity index is 2.06. The molecule has 0 fully saturated rings. The fourth-order valence-corrected chi connectivity index (χ4v) is 3.73. The van der Waals surface area contributed by atoms with Crippen LogP contribution in [0.4, 0.5) is 15.8 Å². The van der Waals surface area contributed by atoms with Gasteiger partial charge in [0.05, 0.1) is 17.9 Å². The Hall–Kier alpha value is -3.88. The Labute approximate surface area is 183 Å². The van der Waals surface area contributed by atoms with Crippen LogP contribution >= 0.6 is 0 Å². The predicted molar refractivity (Wildman–Crippen MR) is 124 cm³/mol. The maximum absolute atomic E-state index is 14.4. The van der Waals surface area contributed by atoms with E-state index >= 15 is 0 Å². The SMILES string of the molecule is [B]c1ccc(Nc2cc(=O)n(C)c3c2c(=O)n(CC)c(=O)n3Cc2ccccc2)c(F)c1. The van der Waals surface area contributed by atoms with Gasteiger partial charge in [0.25, 0.3) is 11.1 Å². The summed E-state index contributed by atoms with van der Waals surface area (Å²) in [5.74, 6) is -0.632. The Bertz CT molecular complexity index is 1510. The van der Waals surface area contributed by atoms with Crippen molar-refractivity contribution >= 4 is 35.7 Å². The molecule has 4 aromatic rings. The predicted octanol–water partition coefficient (Wildman–Crippen LogP) is 1.61. The summed E-state index contributed by atoms with van der Waals surface area (Å²) < 4.78 is 18.2. The monoisotopic (exact) mass is 430 g/mol. The first-order valence-corrected chi connectivity index (χ1v) is 10.0. The highest BCUT2D eigenvalue weighted by Crippen LogP contribution is 2.23. The van der Waals surface area contributed by atoms with Crippen LogP contribution in [-0.4, -0.2) is 21.5 Å². The van der Waals surface area contributed by atoms with Crippen molar-refractivity contribution in [3.63, 3.8) is 0 Å². The van der Waals surface area contributed by atoms with Crippen molar-refractivity contribution in [2.75, 3.05) is 5.32 Å². The van der Waals surface area contributed by atoms with E-state index in [1.165, 1.54) is 34.4 Å². The topological polar surface area (TPSA) is 78.0 Å². The molecule has 0 atom stereocenters. The zero-order valence-corrected chi connectivity index (χ0v) is 17.6. The van der Waals surface area contributed by atoms with Gasteiger partial charge in [-0.15, -0.1) is 0 Å². The van der Waals surface area contributed by atoms with Crippen LogP contribution in [0.5, 0.6) is 0 Å². The highest BCUT2D eigenvalue weighted by molar-refractivity contribution is 6.32. The number of benzene rings is 2. The van der Waals surface area contributed by atoms with E-state index in [9.17, 15) is 18.8 Å². The van der Waals surface area contributed by atoms with E-state index in [-0.39, 0.29) is 41.0 Å². The van der Waals surface area contributed by atoms with Crippen molar-refractivity contribution in [1.29, 1.82) is 0 Å². The van der Waals surface area contributed by atoms with Gasteiger partial charge in [0.2, 0.25) is 0 Å². The second-order valence-electron chi connectivity index (χ2n) is 7.42. The molecule has 1 N–H and O–H groups in total. The summed E-state index contributed by atoms with van der Waals surface area (Å²) in [6, 6.07) is 14.5. The van der Waals surface area contributed by atoms with Crippen LogP contribution in [0.3, 0.4) is 0 Å². The van der Waals surface area contributed by atoms with Gasteiger partial charge in [0.15, 0.2) is 0 Å². The molecule has 160 valence electrons. The van der Waals surface area contributed by atoms with Crippen molar-refractivity contribution in [2.24, 2.45) is 7.05 Å². The number of anilines is 2. The van der Waals surface area contributed by atoms with Crippen LogP contribution in [0.15, 0.2) is 69.0 Å². The van der Waals surface area contributed by atoms with Gasteiger partial charge in [0, 0.05) is 19.7 Å². The molecule has 0 saturated carbocycles. The third kappa shape index (κ3) is 3.66. The van der Waals surface area contributed by atoms with E-state index in [2.05, 4.69) is 5.32 Å². The number of nitrogens with zero attached hydrogens (tertiary/aromatic N) is 3. The molecule has 7 nitrogen and oxygen atoms in total. The summed E-state index contributed by atoms with van der Waals surface area (Å²) in [6.07, 6.45) is 0. The van der Waals surface area contributed by atoms with Crippen LogP contribution in [0.2, 0.25) is 0 Å². The Morgan fingerprint density at radius 3 is 2.34 bits per heavy atom. The molecule has 0 aliphatic rings. The van der Waals surface area contributed by atoms with Crippen molar-refractivity contribution in [2.45, 2.75) is 20.0 Å². The summed E-state index contributed by atoms with van der Waals surface area (Å²) in [7, 11) is 7.11. The number of pyridine rings is 1. The summed E-state index contributed by atoms with van der Waals surface area (Å²) in [5, 5.41) is 2.95. The number of aromatic nitrogens is 3. The van der Waals surface area contributed by atoms with Crippen molar-refractivity contribution in [3.05, 3.63) is 97.2 Å². The minimum absolute atomic E-state index is 0.0528. The Morgan fingerprint density at radius 1 is 0.969 bits per heavy atom. The van der Waals surface area contributed by atoms with Crippen molar-refractivity contribution in [1.82, 2.24) is 13.7 Å². The summed E-state index contributed by atoms with van der Waals surface area (Å²) in [6.45, 7) is 1.99. The molecule has 9 heteroatoms. The largest absolute Gasteiger partial charge is 0.352 e. The molecule has 2 radical (unpaired) electrons. The number of fused-ring (bicyclic) bond motifs is 1. The molecule has 32 heavy (non-hydrogen) atoms.